The average molecular weight is 164 g/mol. The van der Waals surface area contributed by atoms with Gasteiger partial charge in [0.1, 0.15) is 0 Å². The van der Waals surface area contributed by atoms with Crippen molar-refractivity contribution < 1.29 is 0 Å². The fraction of sp³-hybridized carbons (Fsp3) is 1.00. The third-order valence-electron chi connectivity index (χ3n) is 2.72. The van der Waals surface area contributed by atoms with Gasteiger partial charge in [-0.05, 0) is 11.3 Å². The number of hydrogen-bond acceptors (Lipinski definition) is 0. The minimum absolute atomic E-state index is 0. The predicted octanol–water partition coefficient (Wildman–Crippen LogP) is 3.60. The summed E-state index contributed by atoms with van der Waals surface area (Å²) in [4.78, 5) is 0. The van der Waals surface area contributed by atoms with Gasteiger partial charge < -0.3 is 0 Å². The van der Waals surface area contributed by atoms with Crippen LogP contribution in [0.25, 0.3) is 0 Å². The molecule has 1 atom stereocenters. The van der Waals surface area contributed by atoms with Gasteiger partial charge in [0.2, 0.25) is 0 Å². The first-order valence-electron chi connectivity index (χ1n) is 4.98. The first-order valence-corrected chi connectivity index (χ1v) is 4.98. The van der Waals surface area contributed by atoms with Crippen LogP contribution >= 0.6 is 0 Å². The summed E-state index contributed by atoms with van der Waals surface area (Å²) in [5, 5.41) is 0. The second kappa shape index (κ2) is 7.04. The summed E-state index contributed by atoms with van der Waals surface area (Å²) in [6, 6.07) is 0. The Morgan fingerprint density at radius 1 is 1.08 bits per heavy atom. The molecule has 0 rings (SSSR count). The number of unbranched alkanes of at least 4 members (excludes halogenated alkanes) is 2. The Kier molecular flexibility index (Phi) is 8.86. The first-order chi connectivity index (χ1) is 4.98. The summed E-state index contributed by atoms with van der Waals surface area (Å²) in [5.41, 5.74) is 0.508. The van der Waals surface area contributed by atoms with Crippen molar-refractivity contribution in [3.63, 3.8) is 0 Å². The summed E-state index contributed by atoms with van der Waals surface area (Å²) in [5.74, 6) is 0.869. The van der Waals surface area contributed by atoms with E-state index in [2.05, 4.69) is 34.6 Å². The van der Waals surface area contributed by atoms with Crippen LogP contribution in [0, 0.1) is 11.3 Å². The minimum atomic E-state index is 0. The molecule has 0 N–H and O–H groups in total. The molecule has 12 heavy (non-hydrogen) atoms. The molecule has 0 heterocycles. The van der Waals surface area contributed by atoms with Crippen LogP contribution in [0.3, 0.4) is 0 Å². The molecule has 0 spiro atoms. The van der Waals surface area contributed by atoms with Crippen LogP contribution in [-0.2, 0) is 0 Å². The van der Waals surface area contributed by atoms with Gasteiger partial charge in [0, 0.05) is 0 Å². The Morgan fingerprint density at radius 2 is 1.58 bits per heavy atom. The van der Waals surface area contributed by atoms with Crippen LogP contribution in [0.1, 0.15) is 60.3 Å². The van der Waals surface area contributed by atoms with Crippen molar-refractivity contribution in [2.75, 3.05) is 0 Å². The standard InChI is InChI=1S/C11H24.Li.H/c1-6-7-8-9-10(2)11(3,4)5;;/h10H,6-9H2,1-5H3;;. The van der Waals surface area contributed by atoms with E-state index in [0.717, 1.165) is 5.92 Å². The number of hydrogen-bond donors (Lipinski definition) is 0. The summed E-state index contributed by atoms with van der Waals surface area (Å²) in [6.07, 6.45) is 5.56. The van der Waals surface area contributed by atoms with E-state index >= 15 is 0 Å². The molecule has 1 unspecified atom stereocenters. The van der Waals surface area contributed by atoms with Gasteiger partial charge in [-0.2, -0.15) is 0 Å². The molecule has 0 aliphatic heterocycles. The maximum absolute atomic E-state index is 2.37. The molecule has 0 amide bonds. The molecule has 1 heteroatoms. The van der Waals surface area contributed by atoms with Gasteiger partial charge in [-0.1, -0.05) is 60.3 Å². The normalized spacial score (nSPS) is 13.8. The van der Waals surface area contributed by atoms with Crippen LogP contribution in [-0.4, -0.2) is 18.9 Å². The van der Waals surface area contributed by atoms with Crippen LogP contribution in [0.5, 0.6) is 0 Å². The Bertz CT molecular complexity index is 91.7. The fourth-order valence-corrected chi connectivity index (χ4v) is 1.13. The molecule has 0 nitrogen and oxygen atoms in total. The molecule has 0 aliphatic rings. The van der Waals surface area contributed by atoms with Gasteiger partial charge in [-0.25, -0.2) is 0 Å². The third-order valence-corrected chi connectivity index (χ3v) is 2.72. The van der Waals surface area contributed by atoms with Crippen LogP contribution in [0.4, 0.5) is 0 Å². The summed E-state index contributed by atoms with van der Waals surface area (Å²) < 4.78 is 0. The molecular weight excluding hydrogens is 139 g/mol. The van der Waals surface area contributed by atoms with Gasteiger partial charge >= 0.3 is 18.9 Å². The van der Waals surface area contributed by atoms with E-state index in [9.17, 15) is 0 Å². The zero-order valence-corrected chi connectivity index (χ0v) is 8.91. The van der Waals surface area contributed by atoms with Crippen molar-refractivity contribution in [3.8, 4) is 0 Å². The predicted molar refractivity (Wildman–Crippen MR) is 59.9 cm³/mol. The summed E-state index contributed by atoms with van der Waals surface area (Å²) in [6.45, 7) is 11.6. The zero-order chi connectivity index (χ0) is 8.91. The van der Waals surface area contributed by atoms with Crippen LogP contribution in [0.15, 0.2) is 0 Å². The summed E-state index contributed by atoms with van der Waals surface area (Å²) >= 11 is 0. The quantitative estimate of drug-likeness (QED) is 0.440. The average Bonchev–Trinajstić information content (AvgIpc) is 1.86. The Morgan fingerprint density at radius 3 is 1.92 bits per heavy atom. The van der Waals surface area contributed by atoms with E-state index in [1.807, 2.05) is 0 Å². The fourth-order valence-electron chi connectivity index (χ4n) is 1.13. The van der Waals surface area contributed by atoms with Gasteiger partial charge in [-0.3, -0.25) is 0 Å². The van der Waals surface area contributed by atoms with Crippen molar-refractivity contribution >= 4 is 18.9 Å². The molecule has 0 fully saturated rings. The topological polar surface area (TPSA) is 0 Å². The Balaban J connectivity index is 0. The van der Waals surface area contributed by atoms with E-state index in [4.69, 9.17) is 0 Å². The molecule has 0 aromatic carbocycles. The van der Waals surface area contributed by atoms with E-state index in [0.29, 0.717) is 5.41 Å². The van der Waals surface area contributed by atoms with Gasteiger partial charge in [0.05, 0.1) is 0 Å². The molecule has 0 saturated heterocycles. The summed E-state index contributed by atoms with van der Waals surface area (Å²) in [7, 11) is 0. The van der Waals surface area contributed by atoms with Crippen molar-refractivity contribution in [1.82, 2.24) is 0 Å². The molecule has 0 bridgehead atoms. The van der Waals surface area contributed by atoms with Crippen LogP contribution < -0.4 is 0 Å². The van der Waals surface area contributed by atoms with Crippen molar-refractivity contribution in [2.45, 2.75) is 60.3 Å². The van der Waals surface area contributed by atoms with Gasteiger partial charge in [0.15, 0.2) is 0 Å². The van der Waals surface area contributed by atoms with Crippen molar-refractivity contribution in [3.05, 3.63) is 0 Å². The van der Waals surface area contributed by atoms with Crippen molar-refractivity contribution in [2.24, 2.45) is 11.3 Å². The molecule has 0 aliphatic carbocycles. The SMILES string of the molecule is CCCCCC(C)C(C)(C)C.[LiH]. The number of rotatable bonds is 4. The van der Waals surface area contributed by atoms with E-state index in [1.165, 1.54) is 25.7 Å². The van der Waals surface area contributed by atoms with E-state index in [-0.39, 0.29) is 18.9 Å². The molecule has 0 saturated carbocycles. The Labute approximate surface area is 90.7 Å². The second-order valence-electron chi connectivity index (χ2n) is 4.76. The molecule has 0 radical (unpaired) electrons. The molecule has 0 aromatic heterocycles. The van der Waals surface area contributed by atoms with E-state index < -0.39 is 0 Å². The van der Waals surface area contributed by atoms with Crippen molar-refractivity contribution in [1.29, 1.82) is 0 Å². The van der Waals surface area contributed by atoms with E-state index in [1.54, 1.807) is 0 Å². The van der Waals surface area contributed by atoms with Gasteiger partial charge in [-0.15, -0.1) is 0 Å². The van der Waals surface area contributed by atoms with Crippen LogP contribution in [0.2, 0.25) is 0 Å². The maximum atomic E-state index is 2.37. The molecule has 0 aromatic rings. The van der Waals surface area contributed by atoms with Gasteiger partial charge in [0.25, 0.3) is 0 Å². The second-order valence-corrected chi connectivity index (χ2v) is 4.76. The monoisotopic (exact) mass is 164 g/mol. The first kappa shape index (κ1) is 15.1. The third kappa shape index (κ3) is 7.26. The zero-order valence-electron chi connectivity index (χ0n) is 8.91. The Hall–Kier alpha value is 0.597. The molecular formula is C11H25Li. The molecule has 70 valence electrons.